The number of halogens is 1. The molecule has 1 atom stereocenters. The monoisotopic (exact) mass is 389 g/mol. The molecule has 1 amide bonds. The zero-order valence-electron chi connectivity index (χ0n) is 15.5. The standard InChI is InChI=1S/C21H24FNO3S/c1-3-15(2)16-4-8-18(9-5-16)23-20(24)14-26-21(25)12-13-27-19-10-6-17(22)7-11-19/h4-11,15H,3,12-14H2,1-2H3,(H,23,24)/t15-/m0/s1. The predicted octanol–water partition coefficient (Wildman–Crippen LogP) is 5.00. The third-order valence-electron chi connectivity index (χ3n) is 4.13. The number of hydrogen-bond acceptors (Lipinski definition) is 4. The Kier molecular flexibility index (Phi) is 8.33. The molecule has 0 aromatic heterocycles. The maximum Gasteiger partial charge on any atom is 0.307 e. The first-order valence-electron chi connectivity index (χ1n) is 8.91. The van der Waals surface area contributed by atoms with E-state index in [0.29, 0.717) is 17.4 Å². The maximum atomic E-state index is 12.8. The zero-order valence-corrected chi connectivity index (χ0v) is 16.4. The Balaban J connectivity index is 1.67. The number of benzene rings is 2. The van der Waals surface area contributed by atoms with Crippen LogP contribution in [0.1, 0.15) is 38.2 Å². The van der Waals surface area contributed by atoms with E-state index in [-0.39, 0.29) is 24.8 Å². The molecule has 0 bridgehead atoms. The van der Waals surface area contributed by atoms with Gasteiger partial charge in [0.25, 0.3) is 5.91 Å². The molecule has 4 nitrogen and oxygen atoms in total. The first kappa shape index (κ1) is 21.0. The Labute approximate surface area is 163 Å². The van der Waals surface area contributed by atoms with Crippen molar-refractivity contribution in [2.75, 3.05) is 17.7 Å². The van der Waals surface area contributed by atoms with Crippen LogP contribution in [0.25, 0.3) is 0 Å². The van der Waals surface area contributed by atoms with Crippen LogP contribution in [0, 0.1) is 5.82 Å². The number of rotatable bonds is 9. The molecule has 0 saturated carbocycles. The van der Waals surface area contributed by atoms with E-state index < -0.39 is 5.97 Å². The summed E-state index contributed by atoms with van der Waals surface area (Å²) in [6, 6.07) is 13.7. The van der Waals surface area contributed by atoms with E-state index in [0.717, 1.165) is 11.3 Å². The molecule has 0 spiro atoms. The van der Waals surface area contributed by atoms with Gasteiger partial charge in [-0.2, -0.15) is 0 Å². The molecular weight excluding hydrogens is 365 g/mol. The van der Waals surface area contributed by atoms with Crippen LogP contribution < -0.4 is 5.32 Å². The van der Waals surface area contributed by atoms with Crippen LogP contribution in [0.15, 0.2) is 53.4 Å². The summed E-state index contributed by atoms with van der Waals surface area (Å²) in [6.45, 7) is 3.97. The number of anilines is 1. The molecule has 144 valence electrons. The Bertz CT molecular complexity index is 747. The summed E-state index contributed by atoms with van der Waals surface area (Å²) in [4.78, 5) is 24.5. The second-order valence-electron chi connectivity index (χ2n) is 6.19. The Morgan fingerprint density at radius 2 is 1.78 bits per heavy atom. The van der Waals surface area contributed by atoms with Gasteiger partial charge in [0.15, 0.2) is 6.61 Å². The quantitative estimate of drug-likeness (QED) is 0.484. The van der Waals surface area contributed by atoms with Crippen molar-refractivity contribution in [3.63, 3.8) is 0 Å². The summed E-state index contributed by atoms with van der Waals surface area (Å²) in [6.07, 6.45) is 1.24. The van der Waals surface area contributed by atoms with Crippen LogP contribution in [0.2, 0.25) is 0 Å². The Hall–Kier alpha value is -2.34. The van der Waals surface area contributed by atoms with E-state index in [1.54, 1.807) is 12.1 Å². The van der Waals surface area contributed by atoms with Crippen molar-refractivity contribution in [3.05, 3.63) is 59.9 Å². The Morgan fingerprint density at radius 3 is 2.41 bits per heavy atom. The highest BCUT2D eigenvalue weighted by Crippen LogP contribution is 2.21. The average Bonchev–Trinajstić information content (AvgIpc) is 2.68. The molecule has 0 aliphatic rings. The lowest BCUT2D eigenvalue weighted by Gasteiger charge is -2.10. The highest BCUT2D eigenvalue weighted by molar-refractivity contribution is 7.99. The zero-order chi connectivity index (χ0) is 19.6. The predicted molar refractivity (Wildman–Crippen MR) is 106 cm³/mol. The fourth-order valence-electron chi connectivity index (χ4n) is 2.33. The molecule has 0 heterocycles. The van der Waals surface area contributed by atoms with Crippen LogP contribution in [0.5, 0.6) is 0 Å². The number of thioether (sulfide) groups is 1. The van der Waals surface area contributed by atoms with Crippen LogP contribution in [-0.2, 0) is 14.3 Å². The first-order valence-corrected chi connectivity index (χ1v) is 9.90. The van der Waals surface area contributed by atoms with Gasteiger partial charge in [-0.3, -0.25) is 9.59 Å². The summed E-state index contributed by atoms with van der Waals surface area (Å²) >= 11 is 1.43. The van der Waals surface area contributed by atoms with Gasteiger partial charge >= 0.3 is 5.97 Å². The average molecular weight is 389 g/mol. The van der Waals surface area contributed by atoms with Gasteiger partial charge in [-0.15, -0.1) is 11.8 Å². The molecule has 1 N–H and O–H groups in total. The summed E-state index contributed by atoms with van der Waals surface area (Å²) in [5.74, 6) is -0.121. The fourth-order valence-corrected chi connectivity index (χ4v) is 3.16. The van der Waals surface area contributed by atoms with Gasteiger partial charge in [-0.25, -0.2) is 4.39 Å². The number of hydrogen-bond donors (Lipinski definition) is 1. The molecule has 0 radical (unpaired) electrons. The van der Waals surface area contributed by atoms with Crippen LogP contribution in [-0.4, -0.2) is 24.2 Å². The fraction of sp³-hybridized carbons (Fsp3) is 0.333. The van der Waals surface area contributed by atoms with Crippen molar-refractivity contribution in [3.8, 4) is 0 Å². The highest BCUT2D eigenvalue weighted by Gasteiger charge is 2.09. The SMILES string of the molecule is CC[C@H](C)c1ccc(NC(=O)COC(=O)CCSc2ccc(F)cc2)cc1. The van der Waals surface area contributed by atoms with Gasteiger partial charge in [0.2, 0.25) is 0 Å². The van der Waals surface area contributed by atoms with Crippen molar-refractivity contribution in [2.45, 2.75) is 37.5 Å². The van der Waals surface area contributed by atoms with Crippen LogP contribution in [0.4, 0.5) is 10.1 Å². The van der Waals surface area contributed by atoms with E-state index in [4.69, 9.17) is 4.74 Å². The minimum Gasteiger partial charge on any atom is -0.456 e. The van der Waals surface area contributed by atoms with Crippen LogP contribution >= 0.6 is 11.8 Å². The lowest BCUT2D eigenvalue weighted by atomic mass is 9.99. The van der Waals surface area contributed by atoms with Gasteiger partial charge < -0.3 is 10.1 Å². The lowest BCUT2D eigenvalue weighted by Crippen LogP contribution is -2.21. The smallest absolute Gasteiger partial charge is 0.307 e. The van der Waals surface area contributed by atoms with Crippen molar-refractivity contribution >= 4 is 29.3 Å². The highest BCUT2D eigenvalue weighted by atomic mass is 32.2. The number of amides is 1. The molecule has 27 heavy (non-hydrogen) atoms. The largest absolute Gasteiger partial charge is 0.456 e. The van der Waals surface area contributed by atoms with E-state index >= 15 is 0 Å². The van der Waals surface area contributed by atoms with Gasteiger partial charge in [0.05, 0.1) is 6.42 Å². The number of carbonyl (C=O) groups is 2. The second-order valence-corrected chi connectivity index (χ2v) is 7.36. The summed E-state index contributed by atoms with van der Waals surface area (Å²) < 4.78 is 17.8. The molecular formula is C21H24FNO3S. The molecule has 0 saturated heterocycles. The van der Waals surface area contributed by atoms with E-state index in [9.17, 15) is 14.0 Å². The Morgan fingerprint density at radius 1 is 1.11 bits per heavy atom. The molecule has 2 aromatic carbocycles. The molecule has 2 aromatic rings. The normalized spacial score (nSPS) is 11.7. The minimum atomic E-state index is -0.438. The summed E-state index contributed by atoms with van der Waals surface area (Å²) in [5.41, 5.74) is 1.90. The molecule has 0 fully saturated rings. The van der Waals surface area contributed by atoms with Crippen molar-refractivity contribution in [1.29, 1.82) is 0 Å². The van der Waals surface area contributed by atoms with Crippen molar-refractivity contribution in [2.24, 2.45) is 0 Å². The van der Waals surface area contributed by atoms with Crippen LogP contribution in [0.3, 0.4) is 0 Å². The molecule has 0 aliphatic carbocycles. The third kappa shape index (κ3) is 7.43. The van der Waals surface area contributed by atoms with Gasteiger partial charge in [0.1, 0.15) is 5.82 Å². The van der Waals surface area contributed by atoms with Crippen molar-refractivity contribution < 1.29 is 18.7 Å². The maximum absolute atomic E-state index is 12.8. The molecule has 6 heteroatoms. The van der Waals surface area contributed by atoms with E-state index in [2.05, 4.69) is 19.2 Å². The summed E-state index contributed by atoms with van der Waals surface area (Å²) in [5, 5.41) is 2.71. The lowest BCUT2D eigenvalue weighted by molar-refractivity contribution is -0.146. The second kappa shape index (κ2) is 10.7. The molecule has 0 aliphatic heterocycles. The number of ether oxygens (including phenoxy) is 1. The number of carbonyl (C=O) groups excluding carboxylic acids is 2. The molecule has 0 unspecified atom stereocenters. The van der Waals surface area contributed by atoms with E-state index in [1.807, 2.05) is 24.3 Å². The summed E-state index contributed by atoms with van der Waals surface area (Å²) in [7, 11) is 0. The van der Waals surface area contributed by atoms with Gasteiger partial charge in [-0.1, -0.05) is 26.0 Å². The minimum absolute atomic E-state index is 0.179. The van der Waals surface area contributed by atoms with Gasteiger partial charge in [-0.05, 0) is 54.3 Å². The number of nitrogens with one attached hydrogen (secondary N) is 1. The van der Waals surface area contributed by atoms with E-state index in [1.165, 1.54) is 29.5 Å². The molecule has 2 rings (SSSR count). The van der Waals surface area contributed by atoms with Crippen molar-refractivity contribution in [1.82, 2.24) is 0 Å². The first-order chi connectivity index (χ1) is 13.0. The third-order valence-corrected chi connectivity index (χ3v) is 5.14. The topological polar surface area (TPSA) is 55.4 Å². The number of esters is 1. The van der Waals surface area contributed by atoms with Gasteiger partial charge in [0, 0.05) is 16.3 Å².